The van der Waals surface area contributed by atoms with Gasteiger partial charge >= 0.3 is 0 Å². The van der Waals surface area contributed by atoms with Gasteiger partial charge in [-0.05, 0) is 41.1 Å². The van der Waals surface area contributed by atoms with Gasteiger partial charge in [0.1, 0.15) is 5.75 Å². The molecule has 0 atom stereocenters. The lowest BCUT2D eigenvalue weighted by Crippen LogP contribution is -2.28. The maximum absolute atomic E-state index is 11.1. The smallest absolute Gasteiger partial charge is 0.257 e. The van der Waals surface area contributed by atoms with Crippen LogP contribution in [0.5, 0.6) is 5.75 Å². The van der Waals surface area contributed by atoms with Crippen LogP contribution in [0, 0.1) is 0 Å². The Hall–Kier alpha value is -1.23. The highest BCUT2D eigenvalue weighted by molar-refractivity contribution is 9.10. The SMILES string of the molecule is CCNC(=O)COc1ccc(N)cc1Br. The molecule has 0 aliphatic carbocycles. The standard InChI is InChI=1S/C10H13BrN2O2/c1-2-13-10(14)6-15-9-4-3-7(12)5-8(9)11/h3-5H,2,6,12H2,1H3,(H,13,14). The van der Waals surface area contributed by atoms with Crippen molar-refractivity contribution < 1.29 is 9.53 Å². The maximum atomic E-state index is 11.1. The normalized spacial score (nSPS) is 9.73. The van der Waals surface area contributed by atoms with Crippen molar-refractivity contribution in [3.05, 3.63) is 22.7 Å². The molecule has 1 rings (SSSR count). The van der Waals surface area contributed by atoms with Crippen molar-refractivity contribution in [3.8, 4) is 5.75 Å². The van der Waals surface area contributed by atoms with Crippen LogP contribution in [0.3, 0.4) is 0 Å². The van der Waals surface area contributed by atoms with Crippen LogP contribution in [0.15, 0.2) is 22.7 Å². The lowest BCUT2D eigenvalue weighted by atomic mass is 10.3. The van der Waals surface area contributed by atoms with Gasteiger partial charge in [-0.3, -0.25) is 4.79 Å². The summed E-state index contributed by atoms with van der Waals surface area (Å²) in [6.45, 7) is 2.47. The Labute approximate surface area is 96.9 Å². The molecule has 1 aromatic carbocycles. The highest BCUT2D eigenvalue weighted by atomic mass is 79.9. The third-order valence-corrected chi connectivity index (χ3v) is 2.31. The molecule has 0 aliphatic rings. The van der Waals surface area contributed by atoms with Crippen LogP contribution >= 0.6 is 15.9 Å². The predicted molar refractivity (Wildman–Crippen MR) is 62.7 cm³/mol. The van der Waals surface area contributed by atoms with E-state index in [1.54, 1.807) is 18.2 Å². The fraction of sp³-hybridized carbons (Fsp3) is 0.300. The third-order valence-electron chi connectivity index (χ3n) is 1.69. The number of benzene rings is 1. The Balaban J connectivity index is 2.54. The van der Waals surface area contributed by atoms with Crippen LogP contribution in [0.25, 0.3) is 0 Å². The van der Waals surface area contributed by atoms with Crippen LogP contribution in [0.1, 0.15) is 6.92 Å². The molecule has 0 saturated carbocycles. The lowest BCUT2D eigenvalue weighted by molar-refractivity contribution is -0.122. The van der Waals surface area contributed by atoms with E-state index in [4.69, 9.17) is 10.5 Å². The average Bonchev–Trinajstić information content (AvgIpc) is 2.17. The zero-order valence-electron chi connectivity index (χ0n) is 8.42. The Bertz CT molecular complexity index is 355. The fourth-order valence-electron chi connectivity index (χ4n) is 1.03. The first-order valence-electron chi connectivity index (χ1n) is 4.58. The minimum Gasteiger partial charge on any atom is -0.483 e. The number of hydrogen-bond donors (Lipinski definition) is 2. The number of amides is 1. The highest BCUT2D eigenvalue weighted by Crippen LogP contribution is 2.26. The predicted octanol–water partition coefficient (Wildman–Crippen LogP) is 1.55. The van der Waals surface area contributed by atoms with Gasteiger partial charge in [-0.2, -0.15) is 0 Å². The Morgan fingerprint density at radius 3 is 2.93 bits per heavy atom. The third kappa shape index (κ3) is 3.79. The number of carbonyl (C=O) groups is 1. The monoisotopic (exact) mass is 272 g/mol. The van der Waals surface area contributed by atoms with Crippen molar-refractivity contribution in [3.63, 3.8) is 0 Å². The lowest BCUT2D eigenvalue weighted by Gasteiger charge is -2.08. The quantitative estimate of drug-likeness (QED) is 0.818. The second-order valence-electron chi connectivity index (χ2n) is 2.93. The first-order valence-corrected chi connectivity index (χ1v) is 5.37. The second-order valence-corrected chi connectivity index (χ2v) is 3.79. The molecule has 0 fully saturated rings. The van der Waals surface area contributed by atoms with Crippen molar-refractivity contribution in [2.75, 3.05) is 18.9 Å². The molecule has 5 heteroatoms. The number of rotatable bonds is 4. The molecule has 0 spiro atoms. The summed E-state index contributed by atoms with van der Waals surface area (Å²) in [6.07, 6.45) is 0. The number of halogens is 1. The van der Waals surface area contributed by atoms with E-state index >= 15 is 0 Å². The molecule has 82 valence electrons. The minimum atomic E-state index is -0.138. The highest BCUT2D eigenvalue weighted by Gasteiger charge is 2.04. The van der Waals surface area contributed by atoms with E-state index in [2.05, 4.69) is 21.2 Å². The van der Waals surface area contributed by atoms with Crippen LogP contribution < -0.4 is 15.8 Å². The fourth-order valence-corrected chi connectivity index (χ4v) is 1.54. The molecule has 1 aromatic rings. The number of ether oxygens (including phenoxy) is 1. The molecule has 0 aromatic heterocycles. The van der Waals surface area contributed by atoms with E-state index < -0.39 is 0 Å². The largest absolute Gasteiger partial charge is 0.483 e. The average molecular weight is 273 g/mol. The van der Waals surface area contributed by atoms with Crippen LogP contribution in [0.4, 0.5) is 5.69 Å². The molecule has 4 nitrogen and oxygen atoms in total. The summed E-state index contributed by atoms with van der Waals surface area (Å²) >= 11 is 3.30. The number of nitrogen functional groups attached to an aromatic ring is 1. The number of hydrogen-bond acceptors (Lipinski definition) is 3. The summed E-state index contributed by atoms with van der Waals surface area (Å²) < 4.78 is 6.03. The van der Waals surface area contributed by atoms with Crippen molar-refractivity contribution in [2.24, 2.45) is 0 Å². The van der Waals surface area contributed by atoms with Gasteiger partial charge in [0.2, 0.25) is 0 Å². The second kappa shape index (κ2) is 5.60. The molecular weight excluding hydrogens is 260 g/mol. The minimum absolute atomic E-state index is 0.0103. The van der Waals surface area contributed by atoms with E-state index in [1.165, 1.54) is 0 Å². The van der Waals surface area contributed by atoms with E-state index in [0.717, 1.165) is 4.47 Å². The van der Waals surface area contributed by atoms with Gasteiger partial charge in [-0.25, -0.2) is 0 Å². The van der Waals surface area contributed by atoms with Gasteiger partial charge in [0.15, 0.2) is 6.61 Å². The Kier molecular flexibility index (Phi) is 4.42. The topological polar surface area (TPSA) is 64.3 Å². The Morgan fingerprint density at radius 2 is 2.33 bits per heavy atom. The van der Waals surface area contributed by atoms with Gasteiger partial charge in [0, 0.05) is 12.2 Å². The van der Waals surface area contributed by atoms with Crippen LogP contribution in [-0.2, 0) is 4.79 Å². The molecule has 0 radical (unpaired) electrons. The molecule has 1 amide bonds. The van der Waals surface area contributed by atoms with E-state index in [1.807, 2.05) is 6.92 Å². The molecule has 0 aliphatic heterocycles. The molecule has 0 saturated heterocycles. The number of nitrogens with one attached hydrogen (secondary N) is 1. The summed E-state index contributed by atoms with van der Waals surface area (Å²) in [6, 6.07) is 5.17. The van der Waals surface area contributed by atoms with E-state index in [-0.39, 0.29) is 12.5 Å². The number of anilines is 1. The van der Waals surface area contributed by atoms with Crippen molar-refractivity contribution in [2.45, 2.75) is 6.92 Å². The van der Waals surface area contributed by atoms with Crippen LogP contribution in [0.2, 0.25) is 0 Å². The first-order chi connectivity index (χ1) is 7.13. The van der Waals surface area contributed by atoms with Crippen LogP contribution in [-0.4, -0.2) is 19.1 Å². The summed E-state index contributed by atoms with van der Waals surface area (Å²) in [5.74, 6) is 0.469. The van der Waals surface area contributed by atoms with Crippen molar-refractivity contribution in [1.29, 1.82) is 0 Å². The van der Waals surface area contributed by atoms with Gasteiger partial charge in [-0.15, -0.1) is 0 Å². The number of nitrogens with two attached hydrogens (primary N) is 1. The number of carbonyl (C=O) groups excluding carboxylic acids is 1. The summed E-state index contributed by atoms with van der Waals surface area (Å²) in [7, 11) is 0. The molecule has 15 heavy (non-hydrogen) atoms. The molecule has 0 heterocycles. The van der Waals surface area contributed by atoms with E-state index in [9.17, 15) is 4.79 Å². The number of likely N-dealkylation sites (N-methyl/N-ethyl adjacent to an activating group) is 1. The molecule has 0 unspecified atom stereocenters. The zero-order chi connectivity index (χ0) is 11.3. The zero-order valence-corrected chi connectivity index (χ0v) is 10.0. The van der Waals surface area contributed by atoms with Gasteiger partial charge in [0.05, 0.1) is 4.47 Å². The molecule has 3 N–H and O–H groups in total. The van der Waals surface area contributed by atoms with Gasteiger partial charge in [0.25, 0.3) is 5.91 Å². The van der Waals surface area contributed by atoms with Crippen molar-refractivity contribution >= 4 is 27.5 Å². The van der Waals surface area contributed by atoms with Crippen molar-refractivity contribution in [1.82, 2.24) is 5.32 Å². The Morgan fingerprint density at radius 1 is 1.60 bits per heavy atom. The van der Waals surface area contributed by atoms with Gasteiger partial charge < -0.3 is 15.8 Å². The molecule has 0 bridgehead atoms. The van der Waals surface area contributed by atoms with Gasteiger partial charge in [-0.1, -0.05) is 0 Å². The van der Waals surface area contributed by atoms with E-state index in [0.29, 0.717) is 18.0 Å². The molecular formula is C10H13BrN2O2. The summed E-state index contributed by atoms with van der Waals surface area (Å²) in [5.41, 5.74) is 6.21. The summed E-state index contributed by atoms with van der Waals surface area (Å²) in [5, 5.41) is 2.64. The summed E-state index contributed by atoms with van der Waals surface area (Å²) in [4.78, 5) is 11.1. The maximum Gasteiger partial charge on any atom is 0.257 e. The first kappa shape index (κ1) is 11.8.